The molecule has 0 spiro atoms. The van der Waals surface area contributed by atoms with Gasteiger partial charge >= 0.3 is 0 Å². The molecule has 1 aliphatic rings. The minimum Gasteiger partial charge on any atom is -0.394 e. The number of hydrogen-bond acceptors (Lipinski definition) is 5. The van der Waals surface area contributed by atoms with Crippen LogP contribution in [0.2, 0.25) is 5.02 Å². The summed E-state index contributed by atoms with van der Waals surface area (Å²) in [5, 5.41) is 28.7. The minimum absolute atomic E-state index is 0.355. The Kier molecular flexibility index (Phi) is 3.41. The molecule has 0 saturated carbocycles. The highest BCUT2D eigenvalue weighted by Crippen LogP contribution is 2.36. The van der Waals surface area contributed by atoms with Crippen LogP contribution in [0.25, 0.3) is 0 Å². The van der Waals surface area contributed by atoms with Crippen LogP contribution in [0.15, 0.2) is 18.5 Å². The molecule has 4 atom stereocenters. The molecule has 1 unspecified atom stereocenters. The Labute approximate surface area is 97.3 Å². The summed E-state index contributed by atoms with van der Waals surface area (Å²) in [5.74, 6) is 0. The van der Waals surface area contributed by atoms with Gasteiger partial charge in [-0.05, 0) is 6.07 Å². The number of aromatic nitrogens is 1. The van der Waals surface area contributed by atoms with Crippen LogP contribution in [0.4, 0.5) is 0 Å². The van der Waals surface area contributed by atoms with Crippen molar-refractivity contribution in [1.82, 2.24) is 4.98 Å². The molecule has 1 aromatic rings. The van der Waals surface area contributed by atoms with Gasteiger partial charge in [-0.3, -0.25) is 4.98 Å². The van der Waals surface area contributed by atoms with Crippen LogP contribution in [0.1, 0.15) is 11.7 Å². The van der Waals surface area contributed by atoms with Crippen molar-refractivity contribution in [3.8, 4) is 0 Å². The fraction of sp³-hybridized carbons (Fsp3) is 0.500. The summed E-state index contributed by atoms with van der Waals surface area (Å²) in [6.07, 6.45) is -0.787. The molecular formula is C10H12ClNO4. The molecule has 5 nitrogen and oxygen atoms in total. The van der Waals surface area contributed by atoms with Crippen molar-refractivity contribution < 1.29 is 20.1 Å². The largest absolute Gasteiger partial charge is 0.394 e. The maximum absolute atomic E-state index is 9.76. The molecular weight excluding hydrogens is 234 g/mol. The van der Waals surface area contributed by atoms with E-state index in [2.05, 4.69) is 4.98 Å². The molecule has 1 saturated heterocycles. The molecule has 88 valence electrons. The maximum atomic E-state index is 9.76. The lowest BCUT2D eigenvalue weighted by atomic mass is 10.0. The third-order valence-electron chi connectivity index (χ3n) is 2.65. The number of ether oxygens (including phenoxy) is 1. The van der Waals surface area contributed by atoms with Gasteiger partial charge < -0.3 is 20.1 Å². The second kappa shape index (κ2) is 4.65. The summed E-state index contributed by atoms with van der Waals surface area (Å²) in [6, 6.07) is 1.58. The van der Waals surface area contributed by atoms with Crippen molar-refractivity contribution in [2.45, 2.75) is 24.4 Å². The third kappa shape index (κ3) is 1.92. The first-order valence-electron chi connectivity index (χ1n) is 4.87. The monoisotopic (exact) mass is 245 g/mol. The Hall–Kier alpha value is -0.720. The number of rotatable bonds is 2. The van der Waals surface area contributed by atoms with Gasteiger partial charge in [-0.1, -0.05) is 11.6 Å². The average Bonchev–Trinajstić information content (AvgIpc) is 2.57. The average molecular weight is 246 g/mol. The maximum Gasteiger partial charge on any atom is 0.115 e. The van der Waals surface area contributed by atoms with E-state index in [1.807, 2.05) is 0 Å². The first-order valence-corrected chi connectivity index (χ1v) is 5.24. The van der Waals surface area contributed by atoms with Gasteiger partial charge in [0.05, 0.1) is 6.61 Å². The molecule has 3 N–H and O–H groups in total. The number of aliphatic hydroxyl groups excluding tert-OH is 3. The van der Waals surface area contributed by atoms with E-state index < -0.39 is 24.4 Å². The Balaban J connectivity index is 2.26. The van der Waals surface area contributed by atoms with Gasteiger partial charge in [0.15, 0.2) is 0 Å². The molecule has 1 fully saturated rings. The number of hydrogen-bond donors (Lipinski definition) is 3. The highest BCUT2D eigenvalue weighted by atomic mass is 35.5. The van der Waals surface area contributed by atoms with Crippen molar-refractivity contribution in [3.05, 3.63) is 29.0 Å². The SMILES string of the molecule is OC[C@H]1OC(c2cnccc2Cl)[C@H](O)[C@@H]1O. The Morgan fingerprint density at radius 2 is 2.12 bits per heavy atom. The standard InChI is InChI=1S/C10H12ClNO4/c11-6-1-2-12-3-5(6)10-9(15)8(14)7(4-13)16-10/h1-3,7-10,13-15H,4H2/t7-,8-,9-,10?/m1/s1. The highest BCUT2D eigenvalue weighted by molar-refractivity contribution is 6.31. The second-order valence-corrected chi connectivity index (χ2v) is 4.06. The van der Waals surface area contributed by atoms with Gasteiger partial charge in [0.1, 0.15) is 24.4 Å². The van der Waals surface area contributed by atoms with E-state index >= 15 is 0 Å². The molecule has 1 aromatic heterocycles. The molecule has 2 rings (SSSR count). The Morgan fingerprint density at radius 1 is 1.38 bits per heavy atom. The minimum atomic E-state index is -1.12. The summed E-state index contributed by atoms with van der Waals surface area (Å²) in [7, 11) is 0. The zero-order chi connectivity index (χ0) is 11.7. The molecule has 6 heteroatoms. The van der Waals surface area contributed by atoms with Gasteiger partial charge in [0, 0.05) is 23.0 Å². The Bertz CT molecular complexity index is 376. The summed E-state index contributed by atoms with van der Waals surface area (Å²) in [6.45, 7) is -0.355. The van der Waals surface area contributed by atoms with Gasteiger partial charge in [0.2, 0.25) is 0 Å². The first-order chi connectivity index (χ1) is 7.65. The van der Waals surface area contributed by atoms with E-state index in [1.165, 1.54) is 12.4 Å². The molecule has 0 amide bonds. The summed E-state index contributed by atoms with van der Waals surface area (Å²) in [4.78, 5) is 3.88. The molecule has 0 radical (unpaired) electrons. The Morgan fingerprint density at radius 3 is 2.69 bits per heavy atom. The number of nitrogens with zero attached hydrogens (tertiary/aromatic N) is 1. The zero-order valence-corrected chi connectivity index (χ0v) is 9.08. The van der Waals surface area contributed by atoms with Crippen LogP contribution < -0.4 is 0 Å². The second-order valence-electron chi connectivity index (χ2n) is 3.66. The normalized spacial score (nSPS) is 34.2. The quantitative estimate of drug-likeness (QED) is 0.677. The summed E-state index contributed by atoms with van der Waals surface area (Å²) in [5.41, 5.74) is 0.506. The van der Waals surface area contributed by atoms with Gasteiger partial charge in [-0.2, -0.15) is 0 Å². The van der Waals surface area contributed by atoms with Crippen molar-refractivity contribution in [3.63, 3.8) is 0 Å². The van der Waals surface area contributed by atoms with E-state index in [4.69, 9.17) is 21.4 Å². The van der Waals surface area contributed by atoms with E-state index in [1.54, 1.807) is 6.07 Å². The van der Waals surface area contributed by atoms with Gasteiger partial charge in [0.25, 0.3) is 0 Å². The molecule has 2 heterocycles. The predicted octanol–water partition coefficient (Wildman–Crippen LogP) is -0.111. The fourth-order valence-electron chi connectivity index (χ4n) is 1.76. The summed E-state index contributed by atoms with van der Waals surface area (Å²) >= 11 is 5.93. The van der Waals surface area contributed by atoms with E-state index in [0.717, 1.165) is 0 Å². The number of halogens is 1. The molecule has 0 aliphatic carbocycles. The predicted molar refractivity (Wildman–Crippen MR) is 56.0 cm³/mol. The van der Waals surface area contributed by atoms with Crippen LogP contribution in [-0.2, 0) is 4.74 Å². The van der Waals surface area contributed by atoms with Crippen molar-refractivity contribution in [2.24, 2.45) is 0 Å². The zero-order valence-electron chi connectivity index (χ0n) is 8.32. The van der Waals surface area contributed by atoms with Crippen LogP contribution in [-0.4, -0.2) is 45.2 Å². The van der Waals surface area contributed by atoms with Crippen LogP contribution in [0.3, 0.4) is 0 Å². The fourth-order valence-corrected chi connectivity index (χ4v) is 1.97. The van der Waals surface area contributed by atoms with Crippen molar-refractivity contribution in [1.29, 1.82) is 0 Å². The highest BCUT2D eigenvalue weighted by Gasteiger charge is 2.43. The van der Waals surface area contributed by atoms with Crippen LogP contribution in [0.5, 0.6) is 0 Å². The molecule has 1 aliphatic heterocycles. The third-order valence-corrected chi connectivity index (χ3v) is 2.99. The molecule has 0 bridgehead atoms. The van der Waals surface area contributed by atoms with Gasteiger partial charge in [-0.25, -0.2) is 0 Å². The van der Waals surface area contributed by atoms with E-state index in [-0.39, 0.29) is 6.61 Å². The number of pyridine rings is 1. The van der Waals surface area contributed by atoms with E-state index in [9.17, 15) is 10.2 Å². The van der Waals surface area contributed by atoms with Crippen molar-refractivity contribution >= 4 is 11.6 Å². The van der Waals surface area contributed by atoms with Crippen molar-refractivity contribution in [2.75, 3.05) is 6.61 Å². The summed E-state index contributed by atoms with van der Waals surface area (Å²) < 4.78 is 5.33. The smallest absolute Gasteiger partial charge is 0.115 e. The topological polar surface area (TPSA) is 82.8 Å². The molecule has 16 heavy (non-hydrogen) atoms. The van der Waals surface area contributed by atoms with Crippen LogP contribution >= 0.6 is 11.6 Å². The lowest BCUT2D eigenvalue weighted by molar-refractivity contribution is -0.0228. The lowest BCUT2D eigenvalue weighted by Gasteiger charge is -2.15. The van der Waals surface area contributed by atoms with Gasteiger partial charge in [-0.15, -0.1) is 0 Å². The number of aliphatic hydroxyl groups is 3. The lowest BCUT2D eigenvalue weighted by Crippen LogP contribution is -2.32. The van der Waals surface area contributed by atoms with Crippen LogP contribution in [0, 0.1) is 0 Å². The van der Waals surface area contributed by atoms with E-state index in [0.29, 0.717) is 10.6 Å². The molecule has 0 aromatic carbocycles. The first kappa shape index (κ1) is 11.8.